The van der Waals surface area contributed by atoms with Gasteiger partial charge in [-0.15, -0.1) is 24.0 Å². The summed E-state index contributed by atoms with van der Waals surface area (Å²) in [5.74, 6) is 2.19. The van der Waals surface area contributed by atoms with Crippen molar-refractivity contribution in [2.75, 3.05) is 86.5 Å². The third kappa shape index (κ3) is 8.69. The van der Waals surface area contributed by atoms with E-state index >= 15 is 0 Å². The Morgan fingerprint density at radius 2 is 2.04 bits per heavy atom. The van der Waals surface area contributed by atoms with Gasteiger partial charge in [-0.3, -0.25) is 9.89 Å². The van der Waals surface area contributed by atoms with Crippen molar-refractivity contribution in [1.29, 1.82) is 0 Å². The number of halogens is 1. The predicted octanol–water partition coefficient (Wildman–Crippen LogP) is 1.13. The molecule has 0 aromatic carbocycles. The molecule has 7 nitrogen and oxygen atoms in total. The lowest BCUT2D eigenvalue weighted by atomic mass is 10.1. The largest absolute Gasteiger partial charge is 0.382 e. The van der Waals surface area contributed by atoms with Gasteiger partial charge in [0.1, 0.15) is 0 Å². The maximum atomic E-state index is 5.67. The third-order valence-electron chi connectivity index (χ3n) is 4.86. The molecule has 2 saturated heterocycles. The zero-order valence-corrected chi connectivity index (χ0v) is 18.9. The molecule has 2 atom stereocenters. The number of ether oxygens (including phenoxy) is 3. The summed E-state index contributed by atoms with van der Waals surface area (Å²) < 4.78 is 16.1. The first-order valence-electron chi connectivity index (χ1n) is 9.55. The Bertz CT molecular complexity index is 395. The van der Waals surface area contributed by atoms with E-state index in [1.165, 1.54) is 0 Å². The number of rotatable bonds is 9. The molecule has 0 amide bonds. The molecule has 2 heterocycles. The van der Waals surface area contributed by atoms with Crippen LogP contribution in [0.25, 0.3) is 0 Å². The highest BCUT2D eigenvalue weighted by atomic mass is 127. The number of guanidine groups is 1. The topological polar surface area (TPSA) is 58.6 Å². The molecule has 154 valence electrons. The Morgan fingerprint density at radius 1 is 1.27 bits per heavy atom. The van der Waals surface area contributed by atoms with Crippen molar-refractivity contribution in [3.8, 4) is 0 Å². The second-order valence-electron chi connectivity index (χ2n) is 7.11. The average molecular weight is 484 g/mol. The van der Waals surface area contributed by atoms with Crippen LogP contribution in [-0.2, 0) is 14.2 Å². The molecule has 0 bridgehead atoms. The van der Waals surface area contributed by atoms with Crippen LogP contribution < -0.4 is 5.32 Å². The van der Waals surface area contributed by atoms with E-state index in [1.54, 1.807) is 7.11 Å². The minimum atomic E-state index is 0. The van der Waals surface area contributed by atoms with Crippen LogP contribution in [0, 0.1) is 11.8 Å². The molecular weight excluding hydrogens is 447 g/mol. The summed E-state index contributed by atoms with van der Waals surface area (Å²) in [5.41, 5.74) is 0. The zero-order chi connectivity index (χ0) is 17.9. The summed E-state index contributed by atoms with van der Waals surface area (Å²) >= 11 is 0. The standard InChI is InChI=1S/C18H36N4O3.HI/c1-16(13-21-6-8-24-9-7-21)12-20-18(19-2)22-5-4-17(14-22)15-25-11-10-23-3;/h16-17H,4-15H2,1-3H3,(H,19,20);1H. The van der Waals surface area contributed by atoms with E-state index in [2.05, 4.69) is 27.0 Å². The molecule has 0 radical (unpaired) electrons. The van der Waals surface area contributed by atoms with Gasteiger partial charge in [-0.05, 0) is 12.3 Å². The van der Waals surface area contributed by atoms with Gasteiger partial charge in [0, 0.05) is 59.3 Å². The lowest BCUT2D eigenvalue weighted by molar-refractivity contribution is 0.0320. The highest BCUT2D eigenvalue weighted by Gasteiger charge is 2.25. The summed E-state index contributed by atoms with van der Waals surface area (Å²) in [7, 11) is 3.58. The molecule has 8 heteroatoms. The number of aliphatic imine (C=N–C) groups is 1. The van der Waals surface area contributed by atoms with Gasteiger partial charge in [-0.1, -0.05) is 6.92 Å². The van der Waals surface area contributed by atoms with Crippen LogP contribution in [0.1, 0.15) is 13.3 Å². The first kappa shape index (κ1) is 23.9. The van der Waals surface area contributed by atoms with E-state index in [9.17, 15) is 0 Å². The fraction of sp³-hybridized carbons (Fsp3) is 0.944. The van der Waals surface area contributed by atoms with E-state index in [0.29, 0.717) is 25.0 Å². The van der Waals surface area contributed by atoms with Crippen molar-refractivity contribution in [3.63, 3.8) is 0 Å². The van der Waals surface area contributed by atoms with Crippen LogP contribution >= 0.6 is 24.0 Å². The van der Waals surface area contributed by atoms with E-state index < -0.39 is 0 Å². The van der Waals surface area contributed by atoms with Crippen molar-refractivity contribution in [2.24, 2.45) is 16.8 Å². The molecule has 0 aromatic heterocycles. The minimum absolute atomic E-state index is 0. The molecule has 26 heavy (non-hydrogen) atoms. The van der Waals surface area contributed by atoms with E-state index in [0.717, 1.165) is 71.5 Å². The lowest BCUT2D eigenvalue weighted by Crippen LogP contribution is -2.45. The minimum Gasteiger partial charge on any atom is -0.382 e. The van der Waals surface area contributed by atoms with Gasteiger partial charge in [0.15, 0.2) is 5.96 Å². The molecule has 0 saturated carbocycles. The van der Waals surface area contributed by atoms with Crippen LogP contribution in [0.5, 0.6) is 0 Å². The van der Waals surface area contributed by atoms with Gasteiger partial charge in [0.2, 0.25) is 0 Å². The molecule has 0 aromatic rings. The SMILES string of the molecule is CN=C(NCC(C)CN1CCOCC1)N1CCC(COCCOC)C1.I. The normalized spacial score (nSPS) is 23.0. The Labute approximate surface area is 175 Å². The van der Waals surface area contributed by atoms with E-state index in [1.807, 2.05) is 7.05 Å². The van der Waals surface area contributed by atoms with Gasteiger partial charge in [-0.25, -0.2) is 0 Å². The molecule has 2 fully saturated rings. The van der Waals surface area contributed by atoms with Gasteiger partial charge in [0.05, 0.1) is 33.0 Å². The summed E-state index contributed by atoms with van der Waals surface area (Å²) in [5, 5.41) is 3.55. The van der Waals surface area contributed by atoms with Crippen molar-refractivity contribution in [3.05, 3.63) is 0 Å². The van der Waals surface area contributed by atoms with Crippen molar-refractivity contribution in [2.45, 2.75) is 13.3 Å². The van der Waals surface area contributed by atoms with E-state index in [4.69, 9.17) is 14.2 Å². The van der Waals surface area contributed by atoms with Crippen LogP contribution in [0.3, 0.4) is 0 Å². The van der Waals surface area contributed by atoms with Gasteiger partial charge >= 0.3 is 0 Å². The number of nitrogens with one attached hydrogen (secondary N) is 1. The predicted molar refractivity (Wildman–Crippen MR) is 116 cm³/mol. The van der Waals surface area contributed by atoms with Crippen LogP contribution in [0.4, 0.5) is 0 Å². The maximum absolute atomic E-state index is 5.67. The van der Waals surface area contributed by atoms with Gasteiger partial charge in [0.25, 0.3) is 0 Å². The number of hydrogen-bond acceptors (Lipinski definition) is 5. The van der Waals surface area contributed by atoms with Gasteiger partial charge in [-0.2, -0.15) is 0 Å². The quantitative estimate of drug-likeness (QED) is 0.229. The van der Waals surface area contributed by atoms with Crippen LogP contribution in [0.2, 0.25) is 0 Å². The van der Waals surface area contributed by atoms with Crippen molar-refractivity contribution < 1.29 is 14.2 Å². The summed E-state index contributed by atoms with van der Waals surface area (Å²) in [6.07, 6.45) is 1.16. The fourth-order valence-electron chi connectivity index (χ4n) is 3.44. The second-order valence-corrected chi connectivity index (χ2v) is 7.11. The Balaban J connectivity index is 0.00000338. The Kier molecular flexibility index (Phi) is 12.8. The molecule has 0 aliphatic carbocycles. The van der Waals surface area contributed by atoms with Crippen molar-refractivity contribution >= 4 is 29.9 Å². The maximum Gasteiger partial charge on any atom is 0.193 e. The smallest absolute Gasteiger partial charge is 0.193 e. The first-order valence-corrected chi connectivity index (χ1v) is 9.55. The van der Waals surface area contributed by atoms with Crippen LogP contribution in [0.15, 0.2) is 4.99 Å². The first-order chi connectivity index (χ1) is 12.2. The molecule has 1 N–H and O–H groups in total. The number of methoxy groups -OCH3 is 1. The summed E-state index contributed by atoms with van der Waals surface area (Å²) in [4.78, 5) is 9.31. The molecular formula is C18H37IN4O3. The monoisotopic (exact) mass is 484 g/mol. The molecule has 2 aliphatic heterocycles. The van der Waals surface area contributed by atoms with Crippen LogP contribution in [-0.4, -0.2) is 102 Å². The second kappa shape index (κ2) is 13.9. The molecule has 0 spiro atoms. The molecule has 2 rings (SSSR count). The molecule has 2 unspecified atom stereocenters. The highest BCUT2D eigenvalue weighted by Crippen LogP contribution is 2.16. The summed E-state index contributed by atoms with van der Waals surface area (Å²) in [6.45, 7) is 12.4. The zero-order valence-electron chi connectivity index (χ0n) is 16.6. The van der Waals surface area contributed by atoms with Gasteiger partial charge < -0.3 is 24.4 Å². The van der Waals surface area contributed by atoms with E-state index in [-0.39, 0.29) is 24.0 Å². The summed E-state index contributed by atoms with van der Waals surface area (Å²) in [6, 6.07) is 0. The number of nitrogens with zero attached hydrogens (tertiary/aromatic N) is 3. The molecule has 2 aliphatic rings. The average Bonchev–Trinajstić information content (AvgIpc) is 3.09. The number of morpholine rings is 1. The van der Waals surface area contributed by atoms with Crippen molar-refractivity contribution in [1.82, 2.24) is 15.1 Å². The lowest BCUT2D eigenvalue weighted by Gasteiger charge is -2.30. The Hall–Kier alpha value is -0.160. The highest BCUT2D eigenvalue weighted by molar-refractivity contribution is 14.0. The third-order valence-corrected chi connectivity index (χ3v) is 4.86. The fourth-order valence-corrected chi connectivity index (χ4v) is 3.44. The number of hydrogen-bond donors (Lipinski definition) is 1. The Morgan fingerprint density at radius 3 is 2.73 bits per heavy atom. The number of likely N-dealkylation sites (tertiary alicyclic amines) is 1.